The number of ketones is 1. The van der Waals surface area contributed by atoms with E-state index < -0.39 is 34.9 Å². The van der Waals surface area contributed by atoms with Crippen molar-refractivity contribution in [3.8, 4) is 0 Å². The highest BCUT2D eigenvalue weighted by Crippen LogP contribution is 2.34. The normalized spacial score (nSPS) is 20.2. The minimum atomic E-state index is -1.98. The number of aliphatic hydroxyl groups excluding tert-OH is 1. The maximum Gasteiger partial charge on any atom is 0.192 e. The van der Waals surface area contributed by atoms with E-state index in [0.29, 0.717) is 13.2 Å². The van der Waals surface area contributed by atoms with E-state index in [9.17, 15) is 9.90 Å². The number of hydrogen-bond acceptors (Lipinski definition) is 7. The molecule has 0 saturated heterocycles. The number of benzene rings is 2. The smallest absolute Gasteiger partial charge is 0.192 e. The first kappa shape index (κ1) is 44.3. The van der Waals surface area contributed by atoms with Gasteiger partial charge in [-0.05, 0) is 72.7 Å². The van der Waals surface area contributed by atoms with Crippen LogP contribution in [0.5, 0.6) is 0 Å². The molecule has 0 amide bonds. The Hall–Kier alpha value is -2.12. The fourth-order valence-electron chi connectivity index (χ4n) is 7.43. The lowest BCUT2D eigenvalue weighted by molar-refractivity contribution is -0.150. The van der Waals surface area contributed by atoms with E-state index in [-0.39, 0.29) is 42.9 Å². The van der Waals surface area contributed by atoms with E-state index in [4.69, 9.17) is 23.1 Å². The Labute approximate surface area is 318 Å². The second-order valence-corrected chi connectivity index (χ2v) is 24.3. The summed E-state index contributed by atoms with van der Waals surface area (Å²) < 4.78 is 32.6. The van der Waals surface area contributed by atoms with E-state index in [0.717, 1.165) is 61.1 Å². The zero-order chi connectivity index (χ0) is 38.0. The summed E-state index contributed by atoms with van der Waals surface area (Å²) in [7, 11) is -3.90. The van der Waals surface area contributed by atoms with Crippen LogP contribution in [0.2, 0.25) is 36.3 Å². The molecule has 1 aliphatic heterocycles. The van der Waals surface area contributed by atoms with Crippen LogP contribution in [-0.4, -0.2) is 64.7 Å². The Balaban J connectivity index is 1.75. The molecule has 1 N–H and O–H groups in total. The van der Waals surface area contributed by atoms with Crippen LogP contribution in [0, 0.1) is 11.8 Å². The molecule has 0 saturated carbocycles. The van der Waals surface area contributed by atoms with E-state index in [1.807, 2.05) is 61.5 Å². The lowest BCUT2D eigenvalue weighted by Gasteiger charge is -2.41. The third-order valence-electron chi connectivity index (χ3n) is 11.8. The van der Waals surface area contributed by atoms with Crippen LogP contribution < -0.4 is 0 Å². The van der Waals surface area contributed by atoms with Gasteiger partial charge in [0.2, 0.25) is 0 Å². The molecule has 0 radical (unpaired) electrons. The number of ether oxygens (including phenoxy) is 3. The van der Waals surface area contributed by atoms with Crippen molar-refractivity contribution in [3.63, 3.8) is 0 Å². The lowest BCUT2D eigenvalue weighted by Crippen LogP contribution is -2.51. The Morgan fingerprint density at radius 3 is 1.92 bits per heavy atom. The molecular weight excluding hydrogens is 685 g/mol. The van der Waals surface area contributed by atoms with Gasteiger partial charge in [0.25, 0.3) is 0 Å². The summed E-state index contributed by atoms with van der Waals surface area (Å²) in [6.07, 6.45) is 3.74. The first-order valence-electron chi connectivity index (χ1n) is 20.3. The van der Waals surface area contributed by atoms with Gasteiger partial charge in [-0.1, -0.05) is 116 Å². The van der Waals surface area contributed by atoms with Gasteiger partial charge < -0.3 is 28.2 Å². The molecule has 0 aromatic heterocycles. The molecule has 1 heterocycles. The van der Waals surface area contributed by atoms with Gasteiger partial charge in [0.1, 0.15) is 6.10 Å². The zero-order valence-corrected chi connectivity index (χ0v) is 35.6. The monoisotopic (exact) mass is 754 g/mol. The van der Waals surface area contributed by atoms with Crippen LogP contribution in [0.1, 0.15) is 92.2 Å². The van der Waals surface area contributed by atoms with Crippen molar-refractivity contribution in [2.45, 2.75) is 161 Å². The molecule has 3 rings (SSSR count). The molecule has 292 valence electrons. The highest BCUT2D eigenvalue weighted by molar-refractivity contribution is 6.74. The Kier molecular flexibility index (Phi) is 19.5. The summed E-state index contributed by atoms with van der Waals surface area (Å²) in [5, 5.41) is 11.8. The largest absolute Gasteiger partial charge is 0.495 e. The highest BCUT2D eigenvalue weighted by Gasteiger charge is 2.44. The fourth-order valence-corrected chi connectivity index (χ4v) is 13.3. The molecule has 1 aliphatic rings. The van der Waals surface area contributed by atoms with Crippen LogP contribution in [0.3, 0.4) is 0 Å². The first-order chi connectivity index (χ1) is 25.1. The third-order valence-corrected chi connectivity index (χ3v) is 21.1. The highest BCUT2D eigenvalue weighted by atomic mass is 28.4. The summed E-state index contributed by atoms with van der Waals surface area (Å²) in [6, 6.07) is 26.4. The SMILES string of the molecule is CC[Si](CC)(CC)O[C@H]1C=CO[C@@H]([C@H](OCc2ccccc2)C(=O)C[C@H](O)[C@@H](C)[C@@H](CCCCOCc2ccccc2)O[Si](CC)(CC)CC)[C@@H]1C. The molecule has 0 unspecified atom stereocenters. The van der Waals surface area contributed by atoms with Gasteiger partial charge in [-0.25, -0.2) is 0 Å². The molecule has 0 bridgehead atoms. The maximum absolute atomic E-state index is 14.3. The van der Waals surface area contributed by atoms with Crippen molar-refractivity contribution in [1.82, 2.24) is 0 Å². The van der Waals surface area contributed by atoms with Crippen LogP contribution in [-0.2, 0) is 41.1 Å². The quantitative estimate of drug-likeness (QED) is 0.0756. The lowest BCUT2D eigenvalue weighted by atomic mass is 9.86. The number of carbonyl (C=O) groups excluding carboxylic acids is 1. The first-order valence-corrected chi connectivity index (χ1v) is 25.3. The minimum absolute atomic E-state index is 0.0288. The fraction of sp³-hybridized carbons (Fsp3) is 0.651. The van der Waals surface area contributed by atoms with Gasteiger partial charge in [-0.2, -0.15) is 0 Å². The summed E-state index contributed by atoms with van der Waals surface area (Å²) in [5.74, 6) is -0.484. The predicted octanol–water partition coefficient (Wildman–Crippen LogP) is 10.2. The number of rotatable bonds is 26. The van der Waals surface area contributed by atoms with Gasteiger partial charge in [0.05, 0.1) is 37.8 Å². The van der Waals surface area contributed by atoms with Crippen LogP contribution >= 0.6 is 0 Å². The minimum Gasteiger partial charge on any atom is -0.495 e. The predicted molar refractivity (Wildman–Crippen MR) is 217 cm³/mol. The van der Waals surface area contributed by atoms with Crippen molar-refractivity contribution in [2.24, 2.45) is 11.8 Å². The summed E-state index contributed by atoms with van der Waals surface area (Å²) in [5.41, 5.74) is 2.15. The van der Waals surface area contributed by atoms with Gasteiger partial charge in [0, 0.05) is 24.9 Å². The van der Waals surface area contributed by atoms with Crippen LogP contribution in [0.15, 0.2) is 73.0 Å². The molecule has 0 fully saturated rings. The Morgan fingerprint density at radius 1 is 0.808 bits per heavy atom. The number of hydrogen-bond donors (Lipinski definition) is 1. The standard InChI is InChI=1S/C43H70O7Si2/c1-9-51(10-2,11-3)49-40(27-21-22-29-46-32-36-23-17-15-18-24-36)34(7)38(44)31-39(45)43(48-33-37-25-19-16-20-26-37)42-35(8)41(28-30-47-42)50-52(12-4,13-5)14-6/h15-20,23-26,28,30,34-35,38,40-44H,9-14,21-22,27,29,31-33H2,1-8H3/t34-,35-,38+,40-,41+,42-,43-/m1/s1. The zero-order valence-electron chi connectivity index (χ0n) is 33.6. The van der Waals surface area contributed by atoms with Crippen molar-refractivity contribution < 1.29 is 33.0 Å². The van der Waals surface area contributed by atoms with Crippen LogP contribution in [0.25, 0.3) is 0 Å². The van der Waals surface area contributed by atoms with Crippen molar-refractivity contribution in [2.75, 3.05) is 6.61 Å². The Morgan fingerprint density at radius 2 is 1.37 bits per heavy atom. The van der Waals surface area contributed by atoms with Crippen molar-refractivity contribution in [1.29, 1.82) is 0 Å². The van der Waals surface area contributed by atoms with Crippen molar-refractivity contribution in [3.05, 3.63) is 84.1 Å². The summed E-state index contributed by atoms with van der Waals surface area (Å²) >= 11 is 0. The maximum atomic E-state index is 14.3. The molecule has 7 atom stereocenters. The second-order valence-electron chi connectivity index (χ2n) is 14.9. The molecule has 2 aromatic rings. The Bertz CT molecular complexity index is 1270. The molecule has 2 aromatic carbocycles. The summed E-state index contributed by atoms with van der Waals surface area (Å²) in [6.45, 7) is 19.1. The number of Topliss-reactive ketones (excluding diaryl/α,β-unsaturated/α-hetero) is 1. The van der Waals surface area contributed by atoms with E-state index >= 15 is 0 Å². The number of aliphatic hydroxyl groups is 1. The van der Waals surface area contributed by atoms with Gasteiger partial charge in [0.15, 0.2) is 28.5 Å². The topological polar surface area (TPSA) is 83.5 Å². The molecule has 0 spiro atoms. The van der Waals surface area contributed by atoms with Crippen molar-refractivity contribution >= 4 is 22.4 Å². The average Bonchev–Trinajstić information content (AvgIpc) is 3.18. The van der Waals surface area contributed by atoms with E-state index in [2.05, 4.69) is 60.6 Å². The van der Waals surface area contributed by atoms with E-state index in [1.165, 1.54) is 5.56 Å². The van der Waals surface area contributed by atoms with Gasteiger partial charge in [-0.3, -0.25) is 4.79 Å². The third kappa shape index (κ3) is 13.0. The van der Waals surface area contributed by atoms with Crippen LogP contribution in [0.4, 0.5) is 0 Å². The van der Waals surface area contributed by atoms with Gasteiger partial charge in [-0.15, -0.1) is 0 Å². The number of unbranched alkanes of at least 4 members (excludes halogenated alkanes) is 1. The molecule has 52 heavy (non-hydrogen) atoms. The molecular formula is C43H70O7Si2. The van der Waals surface area contributed by atoms with Gasteiger partial charge >= 0.3 is 0 Å². The average molecular weight is 755 g/mol. The molecule has 9 heteroatoms. The molecule has 0 aliphatic carbocycles. The second kappa shape index (κ2) is 23.0. The summed E-state index contributed by atoms with van der Waals surface area (Å²) in [4.78, 5) is 14.3. The molecule has 7 nitrogen and oxygen atoms in total. The van der Waals surface area contributed by atoms with E-state index in [1.54, 1.807) is 6.26 Å². The number of carbonyl (C=O) groups is 1.